The number of benzene rings is 3. The van der Waals surface area contributed by atoms with Crippen molar-refractivity contribution in [1.82, 2.24) is 4.90 Å². The minimum absolute atomic E-state index is 0.139. The Kier molecular flexibility index (Phi) is 4.83. The number of halogens is 2. The second kappa shape index (κ2) is 7.67. The van der Waals surface area contributed by atoms with Crippen LogP contribution in [-0.4, -0.2) is 23.3 Å². The zero-order chi connectivity index (χ0) is 21.5. The Morgan fingerprint density at radius 2 is 1.55 bits per heavy atom. The molecular formula is C25H18ClFN2O2. The van der Waals surface area contributed by atoms with Gasteiger partial charge in [0.25, 0.3) is 11.8 Å². The SMILES string of the molecule is O=C1C(c2ccccc2)=C(N2CCc3ccccc3C2)C(=O)N1c1ccc(F)c(Cl)c1. The van der Waals surface area contributed by atoms with E-state index >= 15 is 0 Å². The molecular weight excluding hydrogens is 415 g/mol. The summed E-state index contributed by atoms with van der Waals surface area (Å²) in [7, 11) is 0. The second-order valence-electron chi connectivity index (χ2n) is 7.57. The van der Waals surface area contributed by atoms with Gasteiger partial charge in [-0.2, -0.15) is 0 Å². The molecule has 2 amide bonds. The third kappa shape index (κ3) is 3.31. The average molecular weight is 433 g/mol. The second-order valence-corrected chi connectivity index (χ2v) is 7.98. The monoisotopic (exact) mass is 432 g/mol. The molecule has 5 rings (SSSR count). The minimum atomic E-state index is -0.603. The van der Waals surface area contributed by atoms with Gasteiger partial charge in [0.05, 0.1) is 16.3 Å². The first-order valence-electron chi connectivity index (χ1n) is 10.00. The molecule has 0 N–H and O–H groups in total. The molecule has 0 bridgehead atoms. The van der Waals surface area contributed by atoms with Crippen LogP contribution in [0.2, 0.25) is 5.02 Å². The van der Waals surface area contributed by atoms with Gasteiger partial charge < -0.3 is 4.90 Å². The lowest BCUT2D eigenvalue weighted by atomic mass is 9.98. The Hall–Kier alpha value is -3.44. The Balaban J connectivity index is 1.62. The molecule has 0 aromatic heterocycles. The molecule has 154 valence electrons. The van der Waals surface area contributed by atoms with Crippen molar-refractivity contribution < 1.29 is 14.0 Å². The molecule has 2 aliphatic heterocycles. The molecule has 0 unspecified atom stereocenters. The highest BCUT2D eigenvalue weighted by Crippen LogP contribution is 2.37. The Bertz CT molecular complexity index is 1240. The lowest BCUT2D eigenvalue weighted by Crippen LogP contribution is -2.37. The van der Waals surface area contributed by atoms with Crippen LogP contribution < -0.4 is 4.90 Å². The van der Waals surface area contributed by atoms with Crippen molar-refractivity contribution in [3.05, 3.63) is 106 Å². The molecule has 0 saturated carbocycles. The number of amides is 2. The van der Waals surface area contributed by atoms with Crippen LogP contribution in [0.4, 0.5) is 10.1 Å². The Labute approximate surface area is 184 Å². The zero-order valence-electron chi connectivity index (χ0n) is 16.5. The van der Waals surface area contributed by atoms with E-state index in [0.717, 1.165) is 23.0 Å². The summed E-state index contributed by atoms with van der Waals surface area (Å²) in [5.41, 5.74) is 4.03. The number of carbonyl (C=O) groups is 2. The summed E-state index contributed by atoms with van der Waals surface area (Å²) in [4.78, 5) is 30.1. The molecule has 3 aromatic rings. The maximum absolute atomic E-state index is 13.7. The van der Waals surface area contributed by atoms with Crippen molar-refractivity contribution in [2.45, 2.75) is 13.0 Å². The lowest BCUT2D eigenvalue weighted by molar-refractivity contribution is -0.120. The van der Waals surface area contributed by atoms with Gasteiger partial charge in [0.15, 0.2) is 0 Å². The topological polar surface area (TPSA) is 40.6 Å². The molecule has 0 fully saturated rings. The predicted molar refractivity (Wildman–Crippen MR) is 118 cm³/mol. The van der Waals surface area contributed by atoms with Crippen LogP contribution >= 0.6 is 11.6 Å². The molecule has 0 atom stereocenters. The quantitative estimate of drug-likeness (QED) is 0.557. The number of anilines is 1. The van der Waals surface area contributed by atoms with E-state index in [1.165, 1.54) is 17.7 Å². The fourth-order valence-corrected chi connectivity index (χ4v) is 4.40. The summed E-state index contributed by atoms with van der Waals surface area (Å²) in [5, 5.41) is -0.139. The Morgan fingerprint density at radius 1 is 0.839 bits per heavy atom. The van der Waals surface area contributed by atoms with E-state index in [2.05, 4.69) is 6.07 Å². The van der Waals surface area contributed by atoms with Crippen LogP contribution in [0.5, 0.6) is 0 Å². The van der Waals surface area contributed by atoms with Crippen molar-refractivity contribution in [1.29, 1.82) is 0 Å². The largest absolute Gasteiger partial charge is 0.362 e. The van der Waals surface area contributed by atoms with Crippen molar-refractivity contribution in [3.63, 3.8) is 0 Å². The highest BCUT2D eigenvalue weighted by Gasteiger charge is 2.43. The average Bonchev–Trinajstić information content (AvgIpc) is 3.06. The lowest BCUT2D eigenvalue weighted by Gasteiger charge is -2.31. The van der Waals surface area contributed by atoms with Gasteiger partial charge in [-0.15, -0.1) is 0 Å². The molecule has 0 radical (unpaired) electrons. The normalized spacial score (nSPS) is 16.2. The van der Waals surface area contributed by atoms with Crippen molar-refractivity contribution in [3.8, 4) is 0 Å². The standard InChI is InChI=1S/C25H18ClFN2O2/c26-20-14-19(10-11-21(20)27)29-24(30)22(17-7-2-1-3-8-17)23(25(29)31)28-13-12-16-6-4-5-9-18(16)15-28/h1-11,14H,12-13,15H2. The van der Waals surface area contributed by atoms with Gasteiger partial charge in [-0.25, -0.2) is 9.29 Å². The number of fused-ring (bicyclic) bond motifs is 1. The van der Waals surface area contributed by atoms with E-state index in [1.54, 1.807) is 0 Å². The van der Waals surface area contributed by atoms with Crippen LogP contribution in [0, 0.1) is 5.82 Å². The molecule has 3 aromatic carbocycles. The maximum Gasteiger partial charge on any atom is 0.282 e. The van der Waals surface area contributed by atoms with Crippen LogP contribution in [0.15, 0.2) is 78.5 Å². The fraction of sp³-hybridized carbons (Fsp3) is 0.120. The van der Waals surface area contributed by atoms with Gasteiger partial charge in [-0.3, -0.25) is 9.59 Å². The zero-order valence-corrected chi connectivity index (χ0v) is 17.3. The predicted octanol–water partition coefficient (Wildman–Crippen LogP) is 4.82. The number of nitrogens with zero attached hydrogens (tertiary/aromatic N) is 2. The summed E-state index contributed by atoms with van der Waals surface area (Å²) in [5.74, 6) is -1.47. The first kappa shape index (κ1) is 19.5. The van der Waals surface area contributed by atoms with Gasteiger partial charge in [0, 0.05) is 13.1 Å². The first-order valence-corrected chi connectivity index (χ1v) is 10.4. The number of imide groups is 1. The van der Waals surface area contributed by atoms with E-state index in [9.17, 15) is 14.0 Å². The highest BCUT2D eigenvalue weighted by atomic mass is 35.5. The molecule has 2 aliphatic rings. The number of hydrogen-bond donors (Lipinski definition) is 0. The minimum Gasteiger partial charge on any atom is -0.362 e. The van der Waals surface area contributed by atoms with Gasteiger partial charge in [0.1, 0.15) is 11.5 Å². The van der Waals surface area contributed by atoms with Gasteiger partial charge >= 0.3 is 0 Å². The summed E-state index contributed by atoms with van der Waals surface area (Å²) in [6, 6.07) is 21.2. The first-order chi connectivity index (χ1) is 15.0. The molecule has 0 spiro atoms. The van der Waals surface area contributed by atoms with E-state index in [0.29, 0.717) is 29.9 Å². The highest BCUT2D eigenvalue weighted by molar-refractivity contribution is 6.45. The van der Waals surface area contributed by atoms with E-state index < -0.39 is 17.6 Å². The third-order valence-electron chi connectivity index (χ3n) is 5.73. The summed E-state index contributed by atoms with van der Waals surface area (Å²) in [6.07, 6.45) is 0.783. The van der Waals surface area contributed by atoms with Crippen LogP contribution in [0.1, 0.15) is 16.7 Å². The summed E-state index contributed by atoms with van der Waals surface area (Å²) >= 11 is 5.93. The van der Waals surface area contributed by atoms with Crippen molar-refractivity contribution in [2.75, 3.05) is 11.4 Å². The number of hydrogen-bond acceptors (Lipinski definition) is 3. The van der Waals surface area contributed by atoms with E-state index in [4.69, 9.17) is 11.6 Å². The van der Waals surface area contributed by atoms with E-state index in [1.807, 2.05) is 53.4 Å². The Morgan fingerprint density at radius 3 is 2.29 bits per heavy atom. The molecule has 0 saturated heterocycles. The van der Waals surface area contributed by atoms with Crippen LogP contribution in [0.3, 0.4) is 0 Å². The van der Waals surface area contributed by atoms with E-state index in [-0.39, 0.29) is 10.7 Å². The smallest absolute Gasteiger partial charge is 0.282 e. The van der Waals surface area contributed by atoms with Crippen LogP contribution in [-0.2, 0) is 22.6 Å². The molecule has 31 heavy (non-hydrogen) atoms. The summed E-state index contributed by atoms with van der Waals surface area (Å²) in [6.45, 7) is 1.17. The van der Waals surface area contributed by atoms with Crippen molar-refractivity contribution in [2.24, 2.45) is 0 Å². The molecule has 0 aliphatic carbocycles. The number of carbonyl (C=O) groups excluding carboxylic acids is 2. The molecule has 2 heterocycles. The molecule has 4 nitrogen and oxygen atoms in total. The number of rotatable bonds is 3. The molecule has 6 heteroatoms. The van der Waals surface area contributed by atoms with Crippen LogP contribution in [0.25, 0.3) is 5.57 Å². The van der Waals surface area contributed by atoms with Crippen molar-refractivity contribution >= 4 is 34.7 Å². The van der Waals surface area contributed by atoms with Gasteiger partial charge in [-0.05, 0) is 41.3 Å². The summed E-state index contributed by atoms with van der Waals surface area (Å²) < 4.78 is 13.7. The maximum atomic E-state index is 13.7. The fourth-order valence-electron chi connectivity index (χ4n) is 4.22. The third-order valence-corrected chi connectivity index (χ3v) is 6.02. The van der Waals surface area contributed by atoms with Gasteiger partial charge in [0.2, 0.25) is 0 Å². The van der Waals surface area contributed by atoms with Gasteiger partial charge in [-0.1, -0.05) is 66.2 Å².